The first kappa shape index (κ1) is 58.1. The highest BCUT2D eigenvalue weighted by Gasteiger charge is 2.44. The van der Waals surface area contributed by atoms with Gasteiger partial charge < -0.3 is 45.4 Å². The van der Waals surface area contributed by atoms with Crippen LogP contribution in [-0.4, -0.2) is 127 Å². The third kappa shape index (κ3) is 15.0. The minimum Gasteiger partial charge on any atom is -0.507 e. The number of rotatable bonds is 22. The Morgan fingerprint density at radius 1 is 0.795 bits per heavy atom. The van der Waals surface area contributed by atoms with Gasteiger partial charge in [-0.05, 0) is 78.7 Å². The molecule has 3 aromatic carbocycles. The smallest absolute Gasteiger partial charge is 0.262 e. The molecule has 16 nitrogen and oxygen atoms in total. The summed E-state index contributed by atoms with van der Waals surface area (Å²) in [5.41, 5.74) is 8.00. The third-order valence-electron chi connectivity index (χ3n) is 16.3. The lowest BCUT2D eigenvalue weighted by molar-refractivity contribution is -0.144. The van der Waals surface area contributed by atoms with Gasteiger partial charge >= 0.3 is 0 Å². The number of benzene rings is 3. The molecule has 3 atom stereocenters. The lowest BCUT2D eigenvalue weighted by atomic mass is 9.85. The van der Waals surface area contributed by atoms with Gasteiger partial charge in [0.05, 0.1) is 28.8 Å². The van der Waals surface area contributed by atoms with Crippen LogP contribution >= 0.6 is 11.3 Å². The average molecular weight is 1090 g/mol. The van der Waals surface area contributed by atoms with E-state index in [9.17, 15) is 39.3 Å². The molecule has 1 aliphatic carbocycles. The molecule has 4 aromatic rings. The minimum absolute atomic E-state index is 0.0239. The fourth-order valence-electron chi connectivity index (χ4n) is 11.6. The molecule has 0 radical (unpaired) electrons. The number of β-amino-alcohol motifs (C(OH)–C–C–N with tert-alkyl or cyclic N) is 1. The Bertz CT molecular complexity index is 2730. The highest BCUT2D eigenvalue weighted by Crippen LogP contribution is 2.41. The number of ether oxygens (including phenoxy) is 1. The number of phenols is 2. The predicted octanol–water partition coefficient (Wildman–Crippen LogP) is 8.92. The number of fused-ring (bicyclic) bond motifs is 1. The Labute approximate surface area is 464 Å². The summed E-state index contributed by atoms with van der Waals surface area (Å²) in [5.74, 6) is -0.741. The monoisotopic (exact) mass is 1090 g/mol. The lowest BCUT2D eigenvalue weighted by Gasteiger charge is -2.35. The zero-order valence-electron chi connectivity index (χ0n) is 46.6. The summed E-state index contributed by atoms with van der Waals surface area (Å²) in [5, 5.41) is 38.0. The molecule has 8 rings (SSSR count). The number of phenolic OH excluding ortho intramolecular Hbond substituents is 2. The summed E-state index contributed by atoms with van der Waals surface area (Å²) in [7, 11) is 0. The number of likely N-dealkylation sites (tertiary alicyclic amines) is 1. The molecule has 1 saturated carbocycles. The fourth-order valence-corrected chi connectivity index (χ4v) is 12.4. The molecule has 2 saturated heterocycles. The number of carbonyl (C=O) groups is 5. The predicted molar refractivity (Wildman–Crippen MR) is 302 cm³/mol. The number of hydrogen-bond acceptors (Lipinski definition) is 12. The van der Waals surface area contributed by atoms with Crippen molar-refractivity contribution in [1.82, 2.24) is 35.2 Å². The van der Waals surface area contributed by atoms with Crippen LogP contribution in [0.1, 0.15) is 161 Å². The largest absolute Gasteiger partial charge is 0.507 e. The number of thiazole rings is 1. The number of nitrogens with zero attached hydrogens (tertiary/aromatic N) is 5. The van der Waals surface area contributed by atoms with Crippen LogP contribution in [0.4, 0.5) is 0 Å². The average Bonchev–Trinajstić information content (AvgIpc) is 4.20. The van der Waals surface area contributed by atoms with Crippen molar-refractivity contribution in [2.75, 3.05) is 39.3 Å². The number of aryl methyl sites for hydroxylation is 1. The van der Waals surface area contributed by atoms with E-state index in [1.54, 1.807) is 23.2 Å². The van der Waals surface area contributed by atoms with Crippen LogP contribution in [0.25, 0.3) is 10.4 Å². The summed E-state index contributed by atoms with van der Waals surface area (Å²) in [6.07, 6.45) is 12.2. The number of hydrogen-bond donors (Lipinski definition) is 5. The number of aliphatic hydroxyl groups excluding tert-OH is 1. The van der Waals surface area contributed by atoms with E-state index in [-0.39, 0.29) is 78.3 Å². The molecular weight excluding hydrogens is 1010 g/mol. The Morgan fingerprint density at radius 2 is 1.46 bits per heavy atom. The van der Waals surface area contributed by atoms with Crippen molar-refractivity contribution < 1.29 is 44.0 Å². The second-order valence-electron chi connectivity index (χ2n) is 23.4. The molecule has 3 fully saturated rings. The number of aromatic hydroxyl groups is 2. The van der Waals surface area contributed by atoms with Gasteiger partial charge in [-0.1, -0.05) is 115 Å². The van der Waals surface area contributed by atoms with Crippen molar-refractivity contribution in [1.29, 1.82) is 0 Å². The number of aromatic nitrogens is 1. The van der Waals surface area contributed by atoms with Gasteiger partial charge in [-0.3, -0.25) is 28.9 Å². The summed E-state index contributed by atoms with van der Waals surface area (Å²) in [6, 6.07) is 13.8. The van der Waals surface area contributed by atoms with Crippen LogP contribution in [0.3, 0.4) is 0 Å². The molecule has 5 N–H and O–H groups in total. The number of carbonyl (C=O) groups excluding carboxylic acids is 5. The Kier molecular flexibility index (Phi) is 19.9. The van der Waals surface area contributed by atoms with E-state index in [4.69, 9.17) is 4.74 Å². The van der Waals surface area contributed by atoms with Crippen LogP contribution in [-0.2, 0) is 45.4 Å². The van der Waals surface area contributed by atoms with Crippen LogP contribution in [0.15, 0.2) is 54.0 Å². The summed E-state index contributed by atoms with van der Waals surface area (Å²) in [6.45, 7) is 14.7. The van der Waals surface area contributed by atoms with E-state index >= 15 is 0 Å². The maximum atomic E-state index is 14.1. The van der Waals surface area contributed by atoms with E-state index in [2.05, 4.69) is 38.7 Å². The SMILES string of the molecule is Cc1ncsc1-c1ccc(CNC(=O)[C@@H]2C[C@@H](O)CN2C(=O)C(NC(=O)CCCCCCCCCC(=O)N2CCN(Cc3ccc4c(c3)CN(C(=O)c3c(O)cc(O)c(C)c3OCC3CCCCC3)C4)CC2)C(C)(C)C)cc1. The number of piperazine rings is 1. The second-order valence-corrected chi connectivity index (χ2v) is 24.3. The van der Waals surface area contributed by atoms with Crippen LogP contribution in [0, 0.1) is 25.2 Å². The first-order valence-electron chi connectivity index (χ1n) is 28.6. The molecule has 422 valence electrons. The Hall–Kier alpha value is -6.04. The van der Waals surface area contributed by atoms with Crippen molar-refractivity contribution in [3.63, 3.8) is 0 Å². The summed E-state index contributed by atoms with van der Waals surface area (Å²) in [4.78, 5) is 81.0. The van der Waals surface area contributed by atoms with Gasteiger partial charge in [0.15, 0.2) is 0 Å². The zero-order chi connectivity index (χ0) is 55.5. The number of aliphatic hydroxyl groups is 1. The van der Waals surface area contributed by atoms with Crippen molar-refractivity contribution in [3.8, 4) is 27.7 Å². The summed E-state index contributed by atoms with van der Waals surface area (Å²) < 4.78 is 6.23. The normalized spacial score (nSPS) is 18.5. The first-order valence-corrected chi connectivity index (χ1v) is 29.4. The van der Waals surface area contributed by atoms with E-state index in [0.29, 0.717) is 57.1 Å². The van der Waals surface area contributed by atoms with Crippen LogP contribution < -0.4 is 15.4 Å². The van der Waals surface area contributed by atoms with Gasteiger partial charge in [0.1, 0.15) is 34.9 Å². The number of amides is 5. The molecule has 17 heteroatoms. The van der Waals surface area contributed by atoms with E-state index in [1.165, 1.54) is 17.4 Å². The van der Waals surface area contributed by atoms with Gasteiger partial charge in [0, 0.05) is 89.8 Å². The second kappa shape index (κ2) is 26.7. The molecule has 4 aliphatic rings. The zero-order valence-corrected chi connectivity index (χ0v) is 47.4. The van der Waals surface area contributed by atoms with Crippen molar-refractivity contribution in [2.24, 2.45) is 11.3 Å². The molecule has 1 aromatic heterocycles. The molecule has 0 bridgehead atoms. The molecular formula is C61H83N7O9S. The minimum atomic E-state index is -0.864. The maximum Gasteiger partial charge on any atom is 0.262 e. The van der Waals surface area contributed by atoms with Gasteiger partial charge in [-0.2, -0.15) is 0 Å². The van der Waals surface area contributed by atoms with Crippen LogP contribution in [0.2, 0.25) is 0 Å². The molecule has 3 aliphatic heterocycles. The highest BCUT2D eigenvalue weighted by atomic mass is 32.1. The lowest BCUT2D eigenvalue weighted by Crippen LogP contribution is -2.57. The van der Waals surface area contributed by atoms with Crippen molar-refractivity contribution in [2.45, 2.75) is 175 Å². The first-order chi connectivity index (χ1) is 37.4. The highest BCUT2D eigenvalue weighted by molar-refractivity contribution is 7.13. The molecule has 0 spiro atoms. The Balaban J connectivity index is 0.689. The quantitative estimate of drug-likeness (QED) is 0.0470. The fraction of sp³-hybridized carbons (Fsp3) is 0.574. The number of nitrogens with one attached hydrogen (secondary N) is 2. The van der Waals surface area contributed by atoms with E-state index < -0.39 is 23.6 Å². The topological polar surface area (TPSA) is 205 Å². The molecule has 4 heterocycles. The van der Waals surface area contributed by atoms with Gasteiger partial charge in [-0.15, -0.1) is 11.3 Å². The maximum absolute atomic E-state index is 14.1. The van der Waals surface area contributed by atoms with E-state index in [0.717, 1.165) is 122 Å². The van der Waals surface area contributed by atoms with E-state index in [1.807, 2.05) is 62.4 Å². The third-order valence-corrected chi connectivity index (χ3v) is 17.3. The van der Waals surface area contributed by atoms with Gasteiger partial charge in [0.25, 0.3) is 5.91 Å². The standard InChI is InChI=1S/C61H83N7O9S/c1-40-50(70)32-51(71)54(55(40)77-38-43-16-12-11-13-17-43)59(75)67-35-46-25-22-44(30-47(46)36-67)34-65-26-28-66(29-27-65)53(73)19-15-10-8-6-7-9-14-18-52(72)64-57(61(3,4)5)60(76)68-37-48(69)31-49(68)58(74)62-33-42-20-23-45(24-21-42)56-41(2)63-39-78-56/h20-25,30,32,39,43,48-49,57,69-71H,6-19,26-29,31,33-38H2,1-5H3,(H,62,74)(H,64,72)/t48-,49+,57?/m1/s1. The van der Waals surface area contributed by atoms with Gasteiger partial charge in [0.2, 0.25) is 23.6 Å². The molecule has 78 heavy (non-hydrogen) atoms. The summed E-state index contributed by atoms with van der Waals surface area (Å²) >= 11 is 1.58. The number of unbranched alkanes of at least 4 members (excludes halogenated alkanes) is 6. The van der Waals surface area contributed by atoms with Crippen molar-refractivity contribution in [3.05, 3.63) is 93.1 Å². The van der Waals surface area contributed by atoms with Crippen LogP contribution in [0.5, 0.6) is 17.2 Å². The Morgan fingerprint density at radius 3 is 2.14 bits per heavy atom. The molecule has 5 amide bonds. The van der Waals surface area contributed by atoms with Crippen molar-refractivity contribution >= 4 is 40.9 Å². The van der Waals surface area contributed by atoms with Gasteiger partial charge in [-0.25, -0.2) is 4.98 Å². The molecule has 1 unspecified atom stereocenters.